The number of rotatable bonds is 3. The minimum atomic E-state index is 0.791. The van der Waals surface area contributed by atoms with Gasteiger partial charge in [-0.1, -0.05) is 23.5 Å². The van der Waals surface area contributed by atoms with E-state index in [1.54, 1.807) is 22.2 Å². The van der Waals surface area contributed by atoms with Crippen LogP contribution in [0.2, 0.25) is 0 Å². The number of para-hydroxylation sites is 1. The van der Waals surface area contributed by atoms with E-state index in [0.717, 1.165) is 26.6 Å². The van der Waals surface area contributed by atoms with Gasteiger partial charge in [0.05, 0.1) is 22.1 Å². The smallest absolute Gasteiger partial charge is 0.204 e. The third kappa shape index (κ3) is 2.48. The molecule has 0 aliphatic heterocycles. The van der Waals surface area contributed by atoms with Crippen LogP contribution in [0.5, 0.6) is 0 Å². The van der Waals surface area contributed by atoms with Gasteiger partial charge in [-0.05, 0) is 19.1 Å². The molecule has 3 rings (SSSR count). The van der Waals surface area contributed by atoms with Gasteiger partial charge in [0.25, 0.3) is 0 Å². The quantitative estimate of drug-likeness (QED) is 0.588. The van der Waals surface area contributed by atoms with E-state index in [0.29, 0.717) is 0 Å². The lowest BCUT2D eigenvalue weighted by Gasteiger charge is -1.91. The fourth-order valence-electron chi connectivity index (χ4n) is 1.82. The van der Waals surface area contributed by atoms with Gasteiger partial charge in [-0.25, -0.2) is 4.98 Å². The monoisotopic (exact) mass is 271 g/mol. The Bertz CT molecular complexity index is 707. The Kier molecular flexibility index (Phi) is 3.00. The zero-order valence-corrected chi connectivity index (χ0v) is 11.5. The molecule has 0 radical (unpaired) electrons. The summed E-state index contributed by atoms with van der Waals surface area (Å²) in [5.74, 6) is 0. The number of benzene rings is 1. The third-order valence-electron chi connectivity index (χ3n) is 2.71. The van der Waals surface area contributed by atoms with Gasteiger partial charge >= 0.3 is 0 Å². The van der Waals surface area contributed by atoms with Crippen molar-refractivity contribution in [2.45, 2.75) is 6.92 Å². The molecule has 6 heteroatoms. The zero-order valence-electron chi connectivity index (χ0n) is 10.7. The van der Waals surface area contributed by atoms with E-state index in [1.807, 2.05) is 44.4 Å². The molecule has 96 valence electrons. The normalized spacial score (nSPS) is 11.5. The highest BCUT2D eigenvalue weighted by Crippen LogP contribution is 2.25. The van der Waals surface area contributed by atoms with Gasteiger partial charge in [0.1, 0.15) is 0 Å². The second-order valence-corrected chi connectivity index (χ2v) is 5.23. The van der Waals surface area contributed by atoms with Crippen LogP contribution in [-0.2, 0) is 7.05 Å². The summed E-state index contributed by atoms with van der Waals surface area (Å²) in [7, 11) is 1.89. The summed E-state index contributed by atoms with van der Waals surface area (Å²) in [6.45, 7) is 1.96. The molecule has 0 saturated carbocycles. The van der Waals surface area contributed by atoms with E-state index in [4.69, 9.17) is 0 Å². The van der Waals surface area contributed by atoms with Gasteiger partial charge < -0.3 is 0 Å². The fourth-order valence-corrected chi connectivity index (χ4v) is 2.64. The molecule has 0 atom stereocenters. The Morgan fingerprint density at radius 1 is 1.37 bits per heavy atom. The van der Waals surface area contributed by atoms with Crippen molar-refractivity contribution in [3.8, 4) is 0 Å². The van der Waals surface area contributed by atoms with Gasteiger partial charge in [-0.3, -0.25) is 10.1 Å². The first-order chi connectivity index (χ1) is 9.22. The Morgan fingerprint density at radius 3 is 2.95 bits per heavy atom. The topological polar surface area (TPSA) is 55.1 Å². The number of aromatic nitrogens is 3. The molecule has 3 aromatic rings. The molecule has 1 N–H and O–H groups in total. The highest BCUT2D eigenvalue weighted by molar-refractivity contribution is 7.22. The van der Waals surface area contributed by atoms with Crippen LogP contribution in [0, 0.1) is 6.92 Å². The highest BCUT2D eigenvalue weighted by atomic mass is 32.1. The lowest BCUT2D eigenvalue weighted by molar-refractivity contribution is 0.756. The first-order valence-electron chi connectivity index (χ1n) is 5.87. The van der Waals surface area contributed by atoms with Crippen LogP contribution in [-0.4, -0.2) is 21.0 Å². The number of aryl methyl sites for hydroxylation is 2. The lowest BCUT2D eigenvalue weighted by Crippen LogP contribution is -1.89. The van der Waals surface area contributed by atoms with Gasteiger partial charge in [-0.2, -0.15) is 10.2 Å². The average Bonchev–Trinajstić information content (AvgIpc) is 2.92. The highest BCUT2D eigenvalue weighted by Gasteiger charge is 2.02. The number of anilines is 1. The maximum Gasteiger partial charge on any atom is 0.204 e. The molecule has 5 nitrogen and oxygen atoms in total. The maximum absolute atomic E-state index is 4.44. The summed E-state index contributed by atoms with van der Waals surface area (Å²) >= 11 is 1.59. The standard InChI is InChI=1S/C13H13N5S/c1-9-10(8-18(2)17-9)7-14-16-13-15-11-5-3-4-6-12(11)19-13/h3-8H,1-2H3,(H,15,16). The van der Waals surface area contributed by atoms with Crippen LogP contribution < -0.4 is 5.43 Å². The number of hydrogen-bond donors (Lipinski definition) is 1. The lowest BCUT2D eigenvalue weighted by atomic mass is 10.3. The minimum Gasteiger partial charge on any atom is -0.275 e. The first-order valence-corrected chi connectivity index (χ1v) is 6.69. The van der Waals surface area contributed by atoms with Crippen molar-refractivity contribution in [1.29, 1.82) is 0 Å². The number of thiazole rings is 1. The maximum atomic E-state index is 4.44. The summed E-state index contributed by atoms with van der Waals surface area (Å²) in [5, 5.41) is 9.25. The summed E-state index contributed by atoms with van der Waals surface area (Å²) < 4.78 is 2.92. The van der Waals surface area contributed by atoms with Crippen molar-refractivity contribution in [1.82, 2.24) is 14.8 Å². The van der Waals surface area contributed by atoms with Crippen LogP contribution >= 0.6 is 11.3 Å². The van der Waals surface area contributed by atoms with Crippen molar-refractivity contribution in [3.05, 3.63) is 41.7 Å². The molecular formula is C13H13N5S. The van der Waals surface area contributed by atoms with Crippen LogP contribution in [0.15, 0.2) is 35.6 Å². The Balaban J connectivity index is 1.77. The van der Waals surface area contributed by atoms with Gasteiger partial charge in [0, 0.05) is 18.8 Å². The molecule has 19 heavy (non-hydrogen) atoms. The largest absolute Gasteiger partial charge is 0.275 e. The molecule has 1 aromatic carbocycles. The third-order valence-corrected chi connectivity index (χ3v) is 3.65. The number of nitrogens with zero attached hydrogens (tertiary/aromatic N) is 4. The van der Waals surface area contributed by atoms with E-state index in [-0.39, 0.29) is 0 Å². The van der Waals surface area contributed by atoms with Gasteiger partial charge in [-0.15, -0.1) is 0 Å². The second kappa shape index (κ2) is 4.81. The predicted molar refractivity (Wildman–Crippen MR) is 78.8 cm³/mol. The Morgan fingerprint density at radius 2 is 2.21 bits per heavy atom. The molecule has 0 bridgehead atoms. The molecular weight excluding hydrogens is 258 g/mol. The van der Waals surface area contributed by atoms with Crippen molar-refractivity contribution >= 4 is 32.9 Å². The van der Waals surface area contributed by atoms with E-state index >= 15 is 0 Å². The molecule has 2 heterocycles. The predicted octanol–water partition coefficient (Wildman–Crippen LogP) is 2.78. The van der Waals surface area contributed by atoms with Crippen LogP contribution in [0.25, 0.3) is 10.2 Å². The SMILES string of the molecule is Cc1nn(C)cc1C=NNc1nc2ccccc2s1. The van der Waals surface area contributed by atoms with Crippen LogP contribution in [0.1, 0.15) is 11.3 Å². The van der Waals surface area contributed by atoms with Crippen molar-refractivity contribution in [3.63, 3.8) is 0 Å². The number of hydrazone groups is 1. The van der Waals surface area contributed by atoms with Crippen LogP contribution in [0.4, 0.5) is 5.13 Å². The molecule has 0 aliphatic carbocycles. The number of nitrogens with one attached hydrogen (secondary N) is 1. The van der Waals surface area contributed by atoms with Crippen molar-refractivity contribution in [2.24, 2.45) is 12.1 Å². The van der Waals surface area contributed by atoms with Crippen molar-refractivity contribution < 1.29 is 0 Å². The minimum absolute atomic E-state index is 0.791. The van der Waals surface area contributed by atoms with Crippen molar-refractivity contribution in [2.75, 3.05) is 5.43 Å². The summed E-state index contributed by atoms with van der Waals surface area (Å²) in [6.07, 6.45) is 3.69. The summed E-state index contributed by atoms with van der Waals surface area (Å²) in [6, 6.07) is 8.03. The van der Waals surface area contributed by atoms with E-state index in [2.05, 4.69) is 20.6 Å². The number of fused-ring (bicyclic) bond motifs is 1. The Hall–Kier alpha value is -2.21. The molecule has 0 saturated heterocycles. The molecule has 0 aliphatic rings. The van der Waals surface area contributed by atoms with Gasteiger partial charge in [0.15, 0.2) is 0 Å². The summed E-state index contributed by atoms with van der Waals surface area (Å²) in [5.41, 5.74) is 5.90. The van der Waals surface area contributed by atoms with E-state index < -0.39 is 0 Å². The first kappa shape index (κ1) is 11.9. The average molecular weight is 271 g/mol. The van der Waals surface area contributed by atoms with Gasteiger partial charge in [0.2, 0.25) is 5.13 Å². The Labute approximate surface area is 114 Å². The fraction of sp³-hybridized carbons (Fsp3) is 0.154. The molecule has 0 unspecified atom stereocenters. The molecule has 2 aromatic heterocycles. The molecule has 0 fully saturated rings. The molecule has 0 amide bonds. The number of hydrogen-bond acceptors (Lipinski definition) is 5. The molecule has 0 spiro atoms. The van der Waals surface area contributed by atoms with E-state index in [1.165, 1.54) is 0 Å². The zero-order chi connectivity index (χ0) is 13.2. The van der Waals surface area contributed by atoms with E-state index in [9.17, 15) is 0 Å². The second-order valence-electron chi connectivity index (χ2n) is 4.20. The summed E-state index contributed by atoms with van der Waals surface area (Å²) in [4.78, 5) is 4.44. The van der Waals surface area contributed by atoms with Crippen LogP contribution in [0.3, 0.4) is 0 Å².